The highest BCUT2D eigenvalue weighted by Crippen LogP contribution is 2.35. The average Bonchev–Trinajstić information content (AvgIpc) is 3.26. The Bertz CT molecular complexity index is 1190. The first-order chi connectivity index (χ1) is 16.1. The highest BCUT2D eigenvalue weighted by Gasteiger charge is 2.29. The van der Waals surface area contributed by atoms with Crippen molar-refractivity contribution in [3.05, 3.63) is 64.8 Å². The van der Waals surface area contributed by atoms with E-state index < -0.39 is 5.82 Å². The van der Waals surface area contributed by atoms with Crippen LogP contribution >= 0.6 is 11.6 Å². The topological polar surface area (TPSA) is 80.2 Å². The van der Waals surface area contributed by atoms with Crippen molar-refractivity contribution >= 4 is 29.1 Å². The van der Waals surface area contributed by atoms with Crippen molar-refractivity contribution in [2.24, 2.45) is 0 Å². The van der Waals surface area contributed by atoms with Crippen molar-refractivity contribution < 1.29 is 13.9 Å². The fourth-order valence-electron chi connectivity index (χ4n) is 4.31. The number of ether oxygens (including phenoxy) is 1. The molecule has 0 unspecified atom stereocenters. The molecule has 0 atom stereocenters. The van der Waals surface area contributed by atoms with Gasteiger partial charge < -0.3 is 15.0 Å². The monoisotopic (exact) mass is 467 g/mol. The van der Waals surface area contributed by atoms with Crippen molar-refractivity contribution in [2.75, 3.05) is 30.0 Å². The predicted molar refractivity (Wildman–Crippen MR) is 124 cm³/mol. The van der Waals surface area contributed by atoms with Gasteiger partial charge in [0.1, 0.15) is 11.0 Å². The number of hydrogen-bond donors (Lipinski definition) is 1. The summed E-state index contributed by atoms with van der Waals surface area (Å²) in [5.41, 5.74) is 3.04. The zero-order chi connectivity index (χ0) is 22.8. The molecule has 33 heavy (non-hydrogen) atoms. The van der Waals surface area contributed by atoms with Gasteiger partial charge in [-0.1, -0.05) is 17.7 Å². The van der Waals surface area contributed by atoms with Crippen LogP contribution in [-0.2, 0) is 22.4 Å². The van der Waals surface area contributed by atoms with E-state index in [2.05, 4.69) is 20.3 Å². The molecule has 1 amide bonds. The Kier molecular flexibility index (Phi) is 6.20. The number of amides is 1. The fraction of sp³-hybridized carbons (Fsp3) is 0.333. The van der Waals surface area contributed by atoms with Crippen LogP contribution in [-0.4, -0.2) is 46.7 Å². The lowest BCUT2D eigenvalue weighted by Crippen LogP contribution is -2.31. The maximum Gasteiger partial charge on any atom is 0.231 e. The van der Waals surface area contributed by atoms with E-state index in [-0.39, 0.29) is 23.5 Å². The number of fused-ring (bicyclic) bond motifs is 1. The van der Waals surface area contributed by atoms with Crippen LogP contribution in [0.5, 0.6) is 0 Å². The number of rotatable bonds is 5. The highest BCUT2D eigenvalue weighted by molar-refractivity contribution is 6.30. The maximum absolute atomic E-state index is 15.2. The molecule has 2 aromatic heterocycles. The van der Waals surface area contributed by atoms with Gasteiger partial charge in [0.15, 0.2) is 0 Å². The molecule has 0 bridgehead atoms. The number of nitrogens with zero attached hydrogens (tertiary/aromatic N) is 4. The maximum atomic E-state index is 15.2. The summed E-state index contributed by atoms with van der Waals surface area (Å²) >= 11 is 6.09. The minimum absolute atomic E-state index is 0.0699. The lowest BCUT2D eigenvalue weighted by atomic mass is 10.0. The lowest BCUT2D eigenvalue weighted by Gasteiger charge is -2.23. The summed E-state index contributed by atoms with van der Waals surface area (Å²) in [5.74, 6) is -0.131. The molecule has 170 valence electrons. The molecule has 2 aliphatic heterocycles. The average molecular weight is 468 g/mol. The molecule has 4 heterocycles. The molecule has 9 heteroatoms. The summed E-state index contributed by atoms with van der Waals surface area (Å²) in [5, 5.41) is 3.63. The lowest BCUT2D eigenvalue weighted by molar-refractivity contribution is -0.117. The first-order valence-electron chi connectivity index (χ1n) is 11.0. The molecule has 3 aromatic rings. The SMILES string of the molecule is O=C(Cc1cccnc1Cl)N1CCc2cc(-c3ccnc(NC4CCOCC4)n3)cc(F)c21. The van der Waals surface area contributed by atoms with Crippen LogP contribution in [0.2, 0.25) is 5.15 Å². The molecule has 0 saturated carbocycles. The minimum atomic E-state index is -0.441. The number of pyridine rings is 1. The van der Waals surface area contributed by atoms with Crippen molar-refractivity contribution in [3.8, 4) is 11.3 Å². The molecule has 5 rings (SSSR count). The first kappa shape index (κ1) is 21.7. The van der Waals surface area contributed by atoms with Gasteiger partial charge in [-0.15, -0.1) is 0 Å². The second kappa shape index (κ2) is 9.41. The van der Waals surface area contributed by atoms with Gasteiger partial charge in [0.05, 0.1) is 17.8 Å². The normalized spacial score (nSPS) is 16.0. The predicted octanol–water partition coefficient (Wildman–Crippen LogP) is 4.05. The largest absolute Gasteiger partial charge is 0.381 e. The molecule has 0 spiro atoms. The van der Waals surface area contributed by atoms with E-state index in [9.17, 15) is 4.79 Å². The van der Waals surface area contributed by atoms with Gasteiger partial charge in [-0.25, -0.2) is 19.3 Å². The van der Waals surface area contributed by atoms with E-state index in [1.165, 1.54) is 11.0 Å². The Morgan fingerprint density at radius 1 is 1.21 bits per heavy atom. The first-order valence-corrected chi connectivity index (χ1v) is 11.4. The molecule has 0 radical (unpaired) electrons. The molecule has 1 N–H and O–H groups in total. The second-order valence-electron chi connectivity index (χ2n) is 8.19. The fourth-order valence-corrected chi connectivity index (χ4v) is 4.50. The zero-order valence-electron chi connectivity index (χ0n) is 17.9. The number of hydrogen-bond acceptors (Lipinski definition) is 6. The number of halogens is 2. The van der Waals surface area contributed by atoms with Crippen LogP contribution in [0.15, 0.2) is 42.7 Å². The van der Waals surface area contributed by atoms with Crippen molar-refractivity contribution in [3.63, 3.8) is 0 Å². The molecule has 1 saturated heterocycles. The third-order valence-corrected chi connectivity index (χ3v) is 6.34. The van der Waals surface area contributed by atoms with E-state index >= 15 is 4.39 Å². The summed E-state index contributed by atoms with van der Waals surface area (Å²) < 4.78 is 20.6. The minimum Gasteiger partial charge on any atom is -0.381 e. The molecule has 1 fully saturated rings. The molecule has 2 aliphatic rings. The third kappa shape index (κ3) is 4.67. The standard InChI is InChI=1S/C24H23ClFN5O2/c25-23-16(2-1-7-27-23)14-21(32)31-9-4-15-12-17(13-19(26)22(15)31)20-3-8-28-24(30-20)29-18-5-10-33-11-6-18/h1-3,7-8,12-13,18H,4-6,9-11,14H2,(H,28,29,30). The van der Waals surface area contributed by atoms with Gasteiger partial charge in [-0.2, -0.15) is 0 Å². The van der Waals surface area contributed by atoms with Crippen LogP contribution in [0, 0.1) is 5.82 Å². The van der Waals surface area contributed by atoms with Gasteiger partial charge in [-0.05, 0) is 54.7 Å². The van der Waals surface area contributed by atoms with E-state index in [0.717, 1.165) is 31.6 Å². The summed E-state index contributed by atoms with van der Waals surface area (Å²) in [4.78, 5) is 27.3. The Balaban J connectivity index is 1.36. The number of carbonyl (C=O) groups excluding carboxylic acids is 1. The van der Waals surface area contributed by atoms with Crippen molar-refractivity contribution in [2.45, 2.75) is 31.7 Å². The van der Waals surface area contributed by atoms with Gasteiger partial charge in [0.25, 0.3) is 0 Å². The van der Waals surface area contributed by atoms with Gasteiger partial charge in [0.2, 0.25) is 11.9 Å². The zero-order valence-corrected chi connectivity index (χ0v) is 18.7. The van der Waals surface area contributed by atoms with E-state index in [0.29, 0.717) is 41.4 Å². The van der Waals surface area contributed by atoms with Crippen molar-refractivity contribution in [1.82, 2.24) is 15.0 Å². The second-order valence-corrected chi connectivity index (χ2v) is 8.55. The Labute approximate surface area is 196 Å². The van der Waals surface area contributed by atoms with Crippen LogP contribution < -0.4 is 10.2 Å². The van der Waals surface area contributed by atoms with Crippen LogP contribution in [0.3, 0.4) is 0 Å². The Morgan fingerprint density at radius 2 is 2.06 bits per heavy atom. The molecular formula is C24H23ClFN5O2. The summed E-state index contributed by atoms with van der Waals surface area (Å²) in [6.45, 7) is 1.86. The molecule has 1 aromatic carbocycles. The van der Waals surface area contributed by atoms with Gasteiger partial charge in [-0.3, -0.25) is 4.79 Å². The number of nitrogens with one attached hydrogen (secondary N) is 1. The van der Waals surface area contributed by atoms with Crippen LogP contribution in [0.25, 0.3) is 11.3 Å². The summed E-state index contributed by atoms with van der Waals surface area (Å²) in [7, 11) is 0. The third-order valence-electron chi connectivity index (χ3n) is 6.00. The summed E-state index contributed by atoms with van der Waals surface area (Å²) in [6, 6.07) is 8.85. The van der Waals surface area contributed by atoms with Crippen LogP contribution in [0.1, 0.15) is 24.0 Å². The highest BCUT2D eigenvalue weighted by atomic mass is 35.5. The Morgan fingerprint density at radius 3 is 2.88 bits per heavy atom. The van der Waals surface area contributed by atoms with Gasteiger partial charge in [0, 0.05) is 43.8 Å². The Hall–Kier alpha value is -3.10. The van der Waals surface area contributed by atoms with E-state index in [4.69, 9.17) is 16.3 Å². The molecule has 7 nitrogen and oxygen atoms in total. The van der Waals surface area contributed by atoms with Gasteiger partial charge >= 0.3 is 0 Å². The van der Waals surface area contributed by atoms with Crippen LogP contribution in [0.4, 0.5) is 16.0 Å². The molecular weight excluding hydrogens is 445 g/mol. The number of benzene rings is 1. The van der Waals surface area contributed by atoms with Crippen molar-refractivity contribution in [1.29, 1.82) is 0 Å². The number of aromatic nitrogens is 3. The number of carbonyl (C=O) groups is 1. The molecule has 0 aliphatic carbocycles. The smallest absolute Gasteiger partial charge is 0.231 e. The quantitative estimate of drug-likeness (QED) is 0.570. The van der Waals surface area contributed by atoms with E-state index in [1.54, 1.807) is 30.6 Å². The van der Waals surface area contributed by atoms with E-state index in [1.807, 2.05) is 6.07 Å². The summed E-state index contributed by atoms with van der Waals surface area (Å²) in [6.07, 6.45) is 5.68. The number of anilines is 2.